The molecule has 5 nitrogen and oxygen atoms in total. The number of aryl methyl sites for hydroxylation is 1. The molecule has 0 saturated heterocycles. The molecule has 5 heteroatoms. The Kier molecular flexibility index (Phi) is 2.82. The lowest BCUT2D eigenvalue weighted by molar-refractivity contribution is 0.0698. The Hall–Kier alpha value is -2.30. The summed E-state index contributed by atoms with van der Waals surface area (Å²) in [7, 11) is 1.50. The first-order valence-electron chi connectivity index (χ1n) is 5.05. The molecule has 0 amide bonds. The fraction of sp³-hybridized carbons (Fsp3) is 0.167. The van der Waals surface area contributed by atoms with Gasteiger partial charge in [-0.3, -0.25) is 0 Å². The molecule has 0 spiro atoms. The molecule has 0 aliphatic rings. The number of aromatic nitrogens is 2. The van der Waals surface area contributed by atoms with E-state index >= 15 is 0 Å². The number of pyridine rings is 1. The highest BCUT2D eigenvalue weighted by Crippen LogP contribution is 2.30. The zero-order chi connectivity index (χ0) is 12.4. The third-order valence-electron chi connectivity index (χ3n) is 2.42. The van der Waals surface area contributed by atoms with Crippen LogP contribution < -0.4 is 4.74 Å². The lowest BCUT2D eigenvalue weighted by atomic mass is 10.1. The number of ether oxygens (including phenoxy) is 1. The Morgan fingerprint density at radius 2 is 2.29 bits per heavy atom. The Morgan fingerprint density at radius 3 is 2.94 bits per heavy atom. The van der Waals surface area contributed by atoms with Crippen molar-refractivity contribution in [1.82, 2.24) is 9.97 Å². The summed E-state index contributed by atoms with van der Waals surface area (Å²) in [4.78, 5) is 18.2. The third-order valence-corrected chi connectivity index (χ3v) is 2.42. The lowest BCUT2D eigenvalue weighted by Gasteiger charge is -2.06. The molecular weight excluding hydrogens is 220 g/mol. The number of hydrogen-bond acceptors (Lipinski definition) is 3. The van der Waals surface area contributed by atoms with Gasteiger partial charge in [0.15, 0.2) is 0 Å². The van der Waals surface area contributed by atoms with Crippen molar-refractivity contribution in [1.29, 1.82) is 0 Å². The summed E-state index contributed by atoms with van der Waals surface area (Å²) >= 11 is 0. The summed E-state index contributed by atoms with van der Waals surface area (Å²) in [5, 5.41) is 9.12. The largest absolute Gasteiger partial charge is 0.481 e. The van der Waals surface area contributed by atoms with E-state index in [4.69, 9.17) is 9.84 Å². The molecule has 0 radical (unpaired) electrons. The molecule has 0 atom stereocenters. The summed E-state index contributed by atoms with van der Waals surface area (Å²) in [5.74, 6) is -0.577. The van der Waals surface area contributed by atoms with E-state index in [2.05, 4.69) is 9.97 Å². The number of methoxy groups -OCH3 is 1. The minimum absolute atomic E-state index is 0.216. The van der Waals surface area contributed by atoms with E-state index < -0.39 is 5.97 Å². The second-order valence-corrected chi connectivity index (χ2v) is 3.61. The average molecular weight is 232 g/mol. The number of aromatic amines is 1. The highest BCUT2D eigenvalue weighted by molar-refractivity contribution is 5.96. The lowest BCUT2D eigenvalue weighted by Crippen LogP contribution is -1.98. The molecular formula is C12H12N2O3. The van der Waals surface area contributed by atoms with Crippen LogP contribution in [0.2, 0.25) is 0 Å². The van der Waals surface area contributed by atoms with Crippen LogP contribution in [0.25, 0.3) is 11.3 Å². The minimum Gasteiger partial charge on any atom is -0.481 e. The van der Waals surface area contributed by atoms with Crippen LogP contribution in [0.3, 0.4) is 0 Å². The highest BCUT2D eigenvalue weighted by atomic mass is 16.5. The number of carboxylic acids is 1. The van der Waals surface area contributed by atoms with Crippen LogP contribution in [0.5, 0.6) is 5.88 Å². The van der Waals surface area contributed by atoms with Crippen molar-refractivity contribution >= 4 is 5.97 Å². The van der Waals surface area contributed by atoms with Crippen LogP contribution in [-0.2, 0) is 0 Å². The van der Waals surface area contributed by atoms with Crippen LogP contribution in [-0.4, -0.2) is 28.2 Å². The first-order chi connectivity index (χ1) is 8.13. The van der Waals surface area contributed by atoms with Gasteiger partial charge in [0, 0.05) is 11.9 Å². The number of nitrogens with one attached hydrogen (secondary N) is 1. The van der Waals surface area contributed by atoms with E-state index in [1.807, 2.05) is 0 Å². The molecule has 17 heavy (non-hydrogen) atoms. The number of nitrogens with zero attached hydrogens (tertiary/aromatic N) is 1. The van der Waals surface area contributed by atoms with E-state index in [1.165, 1.54) is 7.11 Å². The Balaban J connectivity index is 2.63. The summed E-state index contributed by atoms with van der Waals surface area (Å²) in [5.41, 5.74) is 2.15. The van der Waals surface area contributed by atoms with Gasteiger partial charge in [0.1, 0.15) is 0 Å². The molecule has 2 rings (SSSR count). The first-order valence-corrected chi connectivity index (χ1v) is 5.05. The molecule has 0 unspecified atom stereocenters. The van der Waals surface area contributed by atoms with Gasteiger partial charge in [0.05, 0.1) is 23.9 Å². The van der Waals surface area contributed by atoms with Gasteiger partial charge in [-0.25, -0.2) is 9.78 Å². The highest BCUT2D eigenvalue weighted by Gasteiger charge is 2.17. The maximum Gasteiger partial charge on any atom is 0.337 e. The third kappa shape index (κ3) is 1.99. The second-order valence-electron chi connectivity index (χ2n) is 3.61. The minimum atomic E-state index is -0.977. The van der Waals surface area contributed by atoms with Crippen LogP contribution in [0.1, 0.15) is 16.1 Å². The SMILES string of the molecule is COc1ncccc1-c1[nH]c(C)cc1C(=O)O. The van der Waals surface area contributed by atoms with E-state index in [-0.39, 0.29) is 5.56 Å². The quantitative estimate of drug-likeness (QED) is 0.849. The standard InChI is InChI=1S/C12H12N2O3/c1-7-6-9(12(15)16)10(14-7)8-4-3-5-13-11(8)17-2/h3-6,14H,1-2H3,(H,15,16). The van der Waals surface area contributed by atoms with E-state index in [0.29, 0.717) is 17.1 Å². The molecule has 0 aliphatic carbocycles. The van der Waals surface area contributed by atoms with Crippen LogP contribution in [0.15, 0.2) is 24.4 Å². The summed E-state index contributed by atoms with van der Waals surface area (Å²) in [6.07, 6.45) is 1.60. The summed E-state index contributed by atoms with van der Waals surface area (Å²) in [6.45, 7) is 1.80. The fourth-order valence-corrected chi connectivity index (χ4v) is 1.71. The number of carbonyl (C=O) groups is 1. The van der Waals surface area contributed by atoms with Crippen molar-refractivity contribution in [2.45, 2.75) is 6.92 Å². The predicted molar refractivity (Wildman–Crippen MR) is 62.3 cm³/mol. The van der Waals surface area contributed by atoms with Crippen molar-refractivity contribution < 1.29 is 14.6 Å². The number of rotatable bonds is 3. The van der Waals surface area contributed by atoms with Gasteiger partial charge >= 0.3 is 5.97 Å². The van der Waals surface area contributed by atoms with Crippen molar-refractivity contribution in [2.24, 2.45) is 0 Å². The smallest absolute Gasteiger partial charge is 0.337 e. The topological polar surface area (TPSA) is 75.2 Å². The Labute approximate surface area is 98.1 Å². The molecule has 2 aromatic heterocycles. The van der Waals surface area contributed by atoms with Gasteiger partial charge in [-0.15, -0.1) is 0 Å². The van der Waals surface area contributed by atoms with Gasteiger partial charge in [-0.2, -0.15) is 0 Å². The molecule has 2 aromatic rings. The molecule has 2 N–H and O–H groups in total. The summed E-state index contributed by atoms with van der Waals surface area (Å²) < 4.78 is 5.12. The van der Waals surface area contributed by atoms with Gasteiger partial charge in [0.25, 0.3) is 0 Å². The monoisotopic (exact) mass is 232 g/mol. The fourth-order valence-electron chi connectivity index (χ4n) is 1.71. The molecule has 0 aliphatic heterocycles. The van der Waals surface area contributed by atoms with Gasteiger partial charge in [0.2, 0.25) is 5.88 Å². The Morgan fingerprint density at radius 1 is 1.53 bits per heavy atom. The molecule has 88 valence electrons. The number of H-pyrrole nitrogens is 1. The number of hydrogen-bond donors (Lipinski definition) is 2. The van der Waals surface area contributed by atoms with Gasteiger partial charge in [-0.05, 0) is 25.1 Å². The first kappa shape index (κ1) is 11.2. The second kappa shape index (κ2) is 4.29. The Bertz CT molecular complexity index is 561. The van der Waals surface area contributed by atoms with E-state index in [1.54, 1.807) is 31.3 Å². The number of aromatic carboxylic acids is 1. The van der Waals surface area contributed by atoms with Crippen LogP contribution in [0, 0.1) is 6.92 Å². The van der Waals surface area contributed by atoms with Crippen LogP contribution in [0.4, 0.5) is 0 Å². The molecule has 2 heterocycles. The van der Waals surface area contributed by atoms with Crippen molar-refractivity contribution in [3.05, 3.63) is 35.7 Å². The van der Waals surface area contributed by atoms with E-state index in [0.717, 1.165) is 5.69 Å². The maximum absolute atomic E-state index is 11.1. The van der Waals surface area contributed by atoms with Crippen molar-refractivity contribution in [3.63, 3.8) is 0 Å². The van der Waals surface area contributed by atoms with Crippen molar-refractivity contribution in [3.8, 4) is 17.1 Å². The zero-order valence-corrected chi connectivity index (χ0v) is 9.52. The molecule has 0 saturated carbocycles. The molecule has 0 bridgehead atoms. The summed E-state index contributed by atoms with van der Waals surface area (Å²) in [6, 6.07) is 5.09. The van der Waals surface area contributed by atoms with Gasteiger partial charge in [-0.1, -0.05) is 0 Å². The van der Waals surface area contributed by atoms with Crippen LogP contribution >= 0.6 is 0 Å². The molecule has 0 fully saturated rings. The normalized spacial score (nSPS) is 10.2. The maximum atomic E-state index is 11.1. The number of carboxylic acid groups (broad SMARTS) is 1. The van der Waals surface area contributed by atoms with Gasteiger partial charge < -0.3 is 14.8 Å². The zero-order valence-electron chi connectivity index (χ0n) is 9.52. The average Bonchev–Trinajstić information content (AvgIpc) is 2.71. The van der Waals surface area contributed by atoms with Crippen molar-refractivity contribution in [2.75, 3.05) is 7.11 Å². The molecule has 0 aromatic carbocycles. The predicted octanol–water partition coefficient (Wildman–Crippen LogP) is 2.09. The van der Waals surface area contributed by atoms with E-state index in [9.17, 15) is 4.79 Å².